The summed E-state index contributed by atoms with van der Waals surface area (Å²) in [6.07, 6.45) is 0.838. The standard InChI is InChI=1S/C16H17N3O4S/c17-14(20)11-7-13(24-15(11)19-16(18)21)10-3-1-2-4-12(10)23-9-5-6-22-8-9/h1-4,7,9H,5-6,8H2,(H2,17,20)(H3,18,19,21)/t9-/m1/s1. The molecule has 126 valence electrons. The molecule has 1 fully saturated rings. The molecule has 1 aliphatic heterocycles. The minimum Gasteiger partial charge on any atom is -0.487 e. The number of nitrogens with one attached hydrogen (secondary N) is 1. The summed E-state index contributed by atoms with van der Waals surface area (Å²) in [5.41, 5.74) is 11.6. The zero-order valence-corrected chi connectivity index (χ0v) is 13.6. The number of ether oxygens (including phenoxy) is 2. The molecular formula is C16H17N3O4S. The molecule has 0 spiro atoms. The first-order chi connectivity index (χ1) is 11.5. The average molecular weight is 347 g/mol. The van der Waals surface area contributed by atoms with Crippen LogP contribution in [0.15, 0.2) is 30.3 Å². The molecule has 1 saturated heterocycles. The molecule has 2 aromatic rings. The van der Waals surface area contributed by atoms with Gasteiger partial charge in [-0.05, 0) is 18.2 Å². The van der Waals surface area contributed by atoms with Gasteiger partial charge in [0.25, 0.3) is 5.91 Å². The van der Waals surface area contributed by atoms with E-state index in [4.69, 9.17) is 20.9 Å². The third kappa shape index (κ3) is 3.50. The van der Waals surface area contributed by atoms with Gasteiger partial charge < -0.3 is 20.9 Å². The largest absolute Gasteiger partial charge is 0.487 e. The number of para-hydroxylation sites is 1. The van der Waals surface area contributed by atoms with Gasteiger partial charge in [0.1, 0.15) is 16.9 Å². The number of urea groups is 1. The van der Waals surface area contributed by atoms with E-state index >= 15 is 0 Å². The van der Waals surface area contributed by atoms with Crippen molar-refractivity contribution in [1.29, 1.82) is 0 Å². The van der Waals surface area contributed by atoms with Gasteiger partial charge in [0.2, 0.25) is 0 Å². The van der Waals surface area contributed by atoms with Gasteiger partial charge >= 0.3 is 6.03 Å². The molecule has 0 radical (unpaired) electrons. The van der Waals surface area contributed by atoms with Crippen LogP contribution in [0.1, 0.15) is 16.8 Å². The Morgan fingerprint density at radius 1 is 1.29 bits per heavy atom. The molecule has 1 aromatic carbocycles. The number of carbonyl (C=O) groups is 2. The van der Waals surface area contributed by atoms with Crippen LogP contribution >= 0.6 is 11.3 Å². The highest BCUT2D eigenvalue weighted by Gasteiger charge is 2.21. The average Bonchev–Trinajstić information content (AvgIpc) is 3.17. The normalized spacial score (nSPS) is 16.8. The van der Waals surface area contributed by atoms with Crippen LogP contribution in [0.5, 0.6) is 5.75 Å². The monoisotopic (exact) mass is 347 g/mol. The Labute approximate surface area is 142 Å². The fourth-order valence-corrected chi connectivity index (χ4v) is 3.57. The molecule has 24 heavy (non-hydrogen) atoms. The third-order valence-electron chi connectivity index (χ3n) is 3.57. The maximum atomic E-state index is 11.6. The molecule has 7 nitrogen and oxygen atoms in total. The zero-order chi connectivity index (χ0) is 17.1. The van der Waals surface area contributed by atoms with E-state index in [1.54, 1.807) is 6.07 Å². The van der Waals surface area contributed by atoms with E-state index < -0.39 is 11.9 Å². The first-order valence-electron chi connectivity index (χ1n) is 7.38. The smallest absolute Gasteiger partial charge is 0.317 e. The lowest BCUT2D eigenvalue weighted by Gasteiger charge is -2.14. The van der Waals surface area contributed by atoms with Gasteiger partial charge in [0, 0.05) is 16.9 Å². The second-order valence-electron chi connectivity index (χ2n) is 5.31. The lowest BCUT2D eigenvalue weighted by Crippen LogP contribution is -2.21. The number of thiophene rings is 1. The van der Waals surface area contributed by atoms with Crippen LogP contribution in [0.25, 0.3) is 10.4 Å². The molecule has 1 aromatic heterocycles. The van der Waals surface area contributed by atoms with Crippen molar-refractivity contribution in [2.24, 2.45) is 11.5 Å². The van der Waals surface area contributed by atoms with E-state index in [2.05, 4.69) is 5.32 Å². The lowest BCUT2D eigenvalue weighted by atomic mass is 10.1. The van der Waals surface area contributed by atoms with Crippen LogP contribution in [0, 0.1) is 0 Å². The van der Waals surface area contributed by atoms with Gasteiger partial charge in [-0.2, -0.15) is 0 Å². The van der Waals surface area contributed by atoms with Crippen molar-refractivity contribution in [1.82, 2.24) is 0 Å². The van der Waals surface area contributed by atoms with Gasteiger partial charge in [0.05, 0.1) is 18.8 Å². The fourth-order valence-electron chi connectivity index (χ4n) is 2.47. The van der Waals surface area contributed by atoms with Crippen LogP contribution in [0.3, 0.4) is 0 Å². The van der Waals surface area contributed by atoms with Crippen molar-refractivity contribution < 1.29 is 19.1 Å². The van der Waals surface area contributed by atoms with E-state index in [1.165, 1.54) is 11.3 Å². The second kappa shape index (κ2) is 6.90. The number of benzene rings is 1. The molecule has 3 rings (SSSR count). The first kappa shape index (κ1) is 16.3. The molecule has 3 amide bonds. The highest BCUT2D eigenvalue weighted by atomic mass is 32.1. The summed E-state index contributed by atoms with van der Waals surface area (Å²) in [7, 11) is 0. The van der Waals surface area contributed by atoms with Gasteiger partial charge in [-0.15, -0.1) is 11.3 Å². The topological polar surface area (TPSA) is 117 Å². The predicted octanol–water partition coefficient (Wildman–Crippen LogP) is 2.17. The van der Waals surface area contributed by atoms with Gasteiger partial charge in [-0.3, -0.25) is 10.1 Å². The molecule has 0 aliphatic carbocycles. The molecular weight excluding hydrogens is 330 g/mol. The Bertz CT molecular complexity index is 768. The second-order valence-corrected chi connectivity index (χ2v) is 6.36. The number of anilines is 1. The zero-order valence-electron chi connectivity index (χ0n) is 12.8. The summed E-state index contributed by atoms with van der Waals surface area (Å²) in [6, 6.07) is 8.37. The van der Waals surface area contributed by atoms with Gasteiger partial charge in [-0.25, -0.2) is 4.79 Å². The lowest BCUT2D eigenvalue weighted by molar-refractivity contribution is 0.100. The maximum absolute atomic E-state index is 11.6. The molecule has 8 heteroatoms. The van der Waals surface area contributed by atoms with E-state index in [0.717, 1.165) is 16.9 Å². The molecule has 0 bridgehead atoms. The quantitative estimate of drug-likeness (QED) is 0.768. The summed E-state index contributed by atoms with van der Waals surface area (Å²) in [4.78, 5) is 23.5. The minimum atomic E-state index is -0.751. The molecule has 1 atom stereocenters. The highest BCUT2D eigenvalue weighted by Crippen LogP contribution is 2.40. The molecule has 1 aliphatic rings. The number of nitrogens with two attached hydrogens (primary N) is 2. The van der Waals surface area contributed by atoms with Crippen LogP contribution in [-0.2, 0) is 4.74 Å². The van der Waals surface area contributed by atoms with Crippen LogP contribution in [0.2, 0.25) is 0 Å². The molecule has 2 heterocycles. The first-order valence-corrected chi connectivity index (χ1v) is 8.20. The van der Waals surface area contributed by atoms with E-state index in [-0.39, 0.29) is 11.7 Å². The summed E-state index contributed by atoms with van der Waals surface area (Å²) in [5.74, 6) is 0.0553. The SMILES string of the molecule is NC(=O)Nc1sc(-c2ccccc2O[C@@H]2CCOC2)cc1C(N)=O. The van der Waals surface area contributed by atoms with Crippen LogP contribution < -0.4 is 21.5 Å². The Morgan fingerprint density at radius 2 is 2.08 bits per heavy atom. The summed E-state index contributed by atoms with van der Waals surface area (Å²) in [5, 5.41) is 2.76. The Balaban J connectivity index is 1.96. The summed E-state index contributed by atoms with van der Waals surface area (Å²) >= 11 is 1.22. The van der Waals surface area contributed by atoms with Gasteiger partial charge in [0.15, 0.2) is 0 Å². The Kier molecular flexibility index (Phi) is 4.68. The van der Waals surface area contributed by atoms with E-state index in [0.29, 0.717) is 24.0 Å². The van der Waals surface area contributed by atoms with Crippen LogP contribution in [-0.4, -0.2) is 31.3 Å². The van der Waals surface area contributed by atoms with Crippen molar-refractivity contribution in [3.8, 4) is 16.2 Å². The number of primary amides is 2. The Hall–Kier alpha value is -2.58. The third-order valence-corrected chi connectivity index (χ3v) is 4.65. The number of carbonyl (C=O) groups excluding carboxylic acids is 2. The molecule has 0 saturated carbocycles. The fraction of sp³-hybridized carbons (Fsp3) is 0.250. The number of hydrogen-bond donors (Lipinski definition) is 3. The van der Waals surface area contributed by atoms with E-state index in [1.807, 2.05) is 24.3 Å². The highest BCUT2D eigenvalue weighted by molar-refractivity contribution is 7.20. The van der Waals surface area contributed by atoms with Crippen molar-refractivity contribution in [3.05, 3.63) is 35.9 Å². The van der Waals surface area contributed by atoms with Crippen molar-refractivity contribution >= 4 is 28.3 Å². The molecule has 0 unspecified atom stereocenters. The van der Waals surface area contributed by atoms with Crippen molar-refractivity contribution in [3.63, 3.8) is 0 Å². The number of rotatable bonds is 5. The van der Waals surface area contributed by atoms with Crippen molar-refractivity contribution in [2.75, 3.05) is 18.5 Å². The predicted molar refractivity (Wildman–Crippen MR) is 91.3 cm³/mol. The van der Waals surface area contributed by atoms with E-state index in [9.17, 15) is 9.59 Å². The van der Waals surface area contributed by atoms with Crippen LogP contribution in [0.4, 0.5) is 9.80 Å². The number of hydrogen-bond acceptors (Lipinski definition) is 5. The van der Waals surface area contributed by atoms with Gasteiger partial charge in [-0.1, -0.05) is 12.1 Å². The summed E-state index contributed by atoms with van der Waals surface area (Å²) in [6.45, 7) is 1.24. The minimum absolute atomic E-state index is 0.00457. The number of amides is 3. The Morgan fingerprint density at radius 3 is 2.75 bits per heavy atom. The summed E-state index contributed by atoms with van der Waals surface area (Å²) < 4.78 is 11.3. The maximum Gasteiger partial charge on any atom is 0.317 e. The molecule has 5 N–H and O–H groups in total. The van der Waals surface area contributed by atoms with Crippen molar-refractivity contribution in [2.45, 2.75) is 12.5 Å².